The van der Waals surface area contributed by atoms with Gasteiger partial charge in [0, 0.05) is 12.4 Å². The highest BCUT2D eigenvalue weighted by atomic mass is 16.5. The standard InChI is InChI=1S/C26H23N3O3/c1-17-9-11-19(12-10-17)29-25(30)24-23(21-15-20(32-3)13-14-22(21)27(24)2)28(26(29)31)16-18-7-5-4-6-8-18/h4-15H,16H2,1-3H3. The third kappa shape index (κ3) is 3.03. The van der Waals surface area contributed by atoms with Crippen molar-refractivity contribution in [3.8, 4) is 11.4 Å². The van der Waals surface area contributed by atoms with Crippen molar-refractivity contribution >= 4 is 21.9 Å². The van der Waals surface area contributed by atoms with Crippen LogP contribution in [0.1, 0.15) is 11.1 Å². The van der Waals surface area contributed by atoms with E-state index in [1.165, 1.54) is 4.57 Å². The summed E-state index contributed by atoms with van der Waals surface area (Å²) < 4.78 is 10.2. The Bertz CT molecular complexity index is 1570. The van der Waals surface area contributed by atoms with Crippen LogP contribution in [-0.2, 0) is 13.6 Å². The average molecular weight is 425 g/mol. The molecule has 0 aliphatic carbocycles. The maximum atomic E-state index is 13.8. The van der Waals surface area contributed by atoms with Crippen LogP contribution in [0.25, 0.3) is 27.6 Å². The molecule has 5 rings (SSSR count). The van der Waals surface area contributed by atoms with Gasteiger partial charge in [0.15, 0.2) is 0 Å². The quantitative estimate of drug-likeness (QED) is 0.437. The molecule has 32 heavy (non-hydrogen) atoms. The zero-order valence-corrected chi connectivity index (χ0v) is 18.2. The van der Waals surface area contributed by atoms with Gasteiger partial charge in [-0.3, -0.25) is 9.36 Å². The lowest BCUT2D eigenvalue weighted by molar-refractivity contribution is 0.415. The molecule has 0 bridgehead atoms. The Morgan fingerprint density at radius 1 is 0.875 bits per heavy atom. The second kappa shape index (κ2) is 7.57. The Labute approximate surface area is 184 Å². The number of rotatable bonds is 4. The van der Waals surface area contributed by atoms with E-state index in [1.807, 2.05) is 91.3 Å². The van der Waals surface area contributed by atoms with Gasteiger partial charge in [0.25, 0.3) is 5.56 Å². The van der Waals surface area contributed by atoms with Crippen molar-refractivity contribution in [1.29, 1.82) is 0 Å². The average Bonchev–Trinajstić information content (AvgIpc) is 3.10. The number of benzene rings is 3. The predicted molar refractivity (Wildman–Crippen MR) is 127 cm³/mol. The highest BCUT2D eigenvalue weighted by Gasteiger charge is 2.21. The zero-order chi connectivity index (χ0) is 22.4. The molecule has 5 aromatic rings. The Hall–Kier alpha value is -4.06. The first kappa shape index (κ1) is 19.9. The van der Waals surface area contributed by atoms with Gasteiger partial charge in [-0.25, -0.2) is 9.36 Å². The van der Waals surface area contributed by atoms with E-state index in [0.717, 1.165) is 22.0 Å². The fourth-order valence-electron chi connectivity index (χ4n) is 4.29. The summed E-state index contributed by atoms with van der Waals surface area (Å²) in [5.74, 6) is 0.673. The molecule has 0 radical (unpaired) electrons. The van der Waals surface area contributed by atoms with Crippen molar-refractivity contribution in [2.24, 2.45) is 7.05 Å². The van der Waals surface area contributed by atoms with Gasteiger partial charge in [-0.1, -0.05) is 48.0 Å². The molecular weight excluding hydrogens is 402 g/mol. The number of aryl methyl sites for hydroxylation is 2. The molecule has 0 saturated heterocycles. The van der Waals surface area contributed by atoms with Crippen molar-refractivity contribution in [1.82, 2.24) is 13.7 Å². The molecule has 160 valence electrons. The third-order valence-corrected chi connectivity index (χ3v) is 5.95. The Balaban J connectivity index is 1.95. The van der Waals surface area contributed by atoms with Gasteiger partial charge in [-0.2, -0.15) is 0 Å². The van der Waals surface area contributed by atoms with Gasteiger partial charge in [-0.15, -0.1) is 0 Å². The van der Waals surface area contributed by atoms with E-state index in [9.17, 15) is 9.59 Å². The number of nitrogens with zero attached hydrogens (tertiary/aromatic N) is 3. The maximum absolute atomic E-state index is 13.8. The van der Waals surface area contributed by atoms with E-state index >= 15 is 0 Å². The van der Waals surface area contributed by atoms with Crippen LogP contribution in [0.3, 0.4) is 0 Å². The minimum Gasteiger partial charge on any atom is -0.497 e. The number of fused-ring (bicyclic) bond motifs is 3. The molecule has 0 aliphatic rings. The Kier molecular flexibility index (Phi) is 4.70. The zero-order valence-electron chi connectivity index (χ0n) is 18.2. The van der Waals surface area contributed by atoms with E-state index in [2.05, 4.69) is 0 Å². The highest BCUT2D eigenvalue weighted by molar-refractivity contribution is 6.06. The van der Waals surface area contributed by atoms with Crippen molar-refractivity contribution in [3.63, 3.8) is 0 Å². The minimum atomic E-state index is -0.370. The fraction of sp³-hybridized carbons (Fsp3) is 0.154. The van der Waals surface area contributed by atoms with Crippen molar-refractivity contribution in [2.75, 3.05) is 7.11 Å². The van der Waals surface area contributed by atoms with Crippen LogP contribution in [0.15, 0.2) is 82.4 Å². The van der Waals surface area contributed by atoms with Crippen molar-refractivity contribution < 1.29 is 4.74 Å². The molecule has 6 heteroatoms. The maximum Gasteiger partial charge on any atom is 0.336 e. The smallest absolute Gasteiger partial charge is 0.336 e. The van der Waals surface area contributed by atoms with Gasteiger partial charge in [0.2, 0.25) is 0 Å². The summed E-state index contributed by atoms with van der Waals surface area (Å²) in [6.45, 7) is 2.32. The second-order valence-corrected chi connectivity index (χ2v) is 7.97. The predicted octanol–water partition coefficient (Wildman–Crippen LogP) is 4.01. The van der Waals surface area contributed by atoms with Crippen LogP contribution in [0.2, 0.25) is 0 Å². The van der Waals surface area contributed by atoms with Crippen LogP contribution in [-0.4, -0.2) is 20.8 Å². The van der Waals surface area contributed by atoms with E-state index in [-0.39, 0.29) is 11.2 Å². The largest absolute Gasteiger partial charge is 0.497 e. The van der Waals surface area contributed by atoms with E-state index in [4.69, 9.17) is 4.74 Å². The first-order chi connectivity index (χ1) is 15.5. The Morgan fingerprint density at radius 3 is 2.28 bits per heavy atom. The summed E-state index contributed by atoms with van der Waals surface area (Å²) in [6, 6.07) is 22.9. The molecule has 0 aliphatic heterocycles. The molecule has 0 unspecified atom stereocenters. The fourth-order valence-corrected chi connectivity index (χ4v) is 4.29. The summed E-state index contributed by atoms with van der Waals surface area (Å²) in [6.07, 6.45) is 0. The monoisotopic (exact) mass is 425 g/mol. The lowest BCUT2D eigenvalue weighted by Gasteiger charge is -2.13. The molecule has 0 spiro atoms. The molecule has 2 aromatic heterocycles. The van der Waals surface area contributed by atoms with E-state index in [0.29, 0.717) is 29.0 Å². The summed E-state index contributed by atoms with van der Waals surface area (Å²) >= 11 is 0. The van der Waals surface area contributed by atoms with Crippen LogP contribution in [0.5, 0.6) is 5.75 Å². The van der Waals surface area contributed by atoms with Gasteiger partial charge in [0.05, 0.1) is 30.4 Å². The van der Waals surface area contributed by atoms with Gasteiger partial charge in [-0.05, 0) is 42.8 Å². The van der Waals surface area contributed by atoms with Crippen LogP contribution >= 0.6 is 0 Å². The molecule has 0 fully saturated rings. The molecule has 0 N–H and O–H groups in total. The summed E-state index contributed by atoms with van der Waals surface area (Å²) in [5.41, 5.74) is 3.83. The molecule has 0 atom stereocenters. The number of ether oxygens (including phenoxy) is 1. The number of methoxy groups -OCH3 is 1. The number of hydrogen-bond donors (Lipinski definition) is 0. The second-order valence-electron chi connectivity index (χ2n) is 7.97. The highest BCUT2D eigenvalue weighted by Crippen LogP contribution is 2.29. The van der Waals surface area contributed by atoms with Gasteiger partial charge < -0.3 is 9.30 Å². The first-order valence-electron chi connectivity index (χ1n) is 10.4. The van der Waals surface area contributed by atoms with Crippen molar-refractivity contribution in [2.45, 2.75) is 13.5 Å². The van der Waals surface area contributed by atoms with E-state index in [1.54, 1.807) is 11.7 Å². The third-order valence-electron chi connectivity index (χ3n) is 5.95. The van der Waals surface area contributed by atoms with Crippen LogP contribution in [0.4, 0.5) is 0 Å². The van der Waals surface area contributed by atoms with Gasteiger partial charge in [0.1, 0.15) is 11.3 Å². The summed E-state index contributed by atoms with van der Waals surface area (Å²) in [5, 5.41) is 0.808. The normalized spacial score (nSPS) is 11.3. The molecule has 2 heterocycles. The molecule has 6 nitrogen and oxygen atoms in total. The lowest BCUT2D eigenvalue weighted by Crippen LogP contribution is -2.39. The van der Waals surface area contributed by atoms with Crippen LogP contribution in [0, 0.1) is 6.92 Å². The molecular formula is C26H23N3O3. The van der Waals surface area contributed by atoms with Gasteiger partial charge >= 0.3 is 5.69 Å². The molecule has 0 saturated carbocycles. The number of aromatic nitrogens is 3. The minimum absolute atomic E-state index is 0.337. The SMILES string of the molecule is COc1ccc2c(c1)c1c(c(=O)n(-c3ccc(C)cc3)c(=O)n1Cc1ccccc1)n2C. The molecule has 0 amide bonds. The lowest BCUT2D eigenvalue weighted by atomic mass is 10.2. The van der Waals surface area contributed by atoms with E-state index < -0.39 is 0 Å². The van der Waals surface area contributed by atoms with Crippen LogP contribution < -0.4 is 16.0 Å². The topological polar surface area (TPSA) is 58.2 Å². The van der Waals surface area contributed by atoms with Crippen molar-refractivity contribution in [3.05, 3.63) is 105 Å². The molecule has 3 aromatic carbocycles. The Morgan fingerprint density at radius 2 is 1.59 bits per heavy atom. The number of hydrogen-bond acceptors (Lipinski definition) is 3. The summed E-state index contributed by atoms with van der Waals surface area (Å²) in [7, 11) is 3.46. The first-order valence-corrected chi connectivity index (χ1v) is 10.4. The summed E-state index contributed by atoms with van der Waals surface area (Å²) in [4.78, 5) is 27.5.